The number of carbonyl (C=O) groups is 1. The predicted octanol–water partition coefficient (Wildman–Crippen LogP) is 4.12. The van der Waals surface area contributed by atoms with Crippen molar-refractivity contribution in [2.45, 2.75) is 13.3 Å². The molecule has 21 heavy (non-hydrogen) atoms. The van der Waals surface area contributed by atoms with E-state index in [1.165, 1.54) is 6.21 Å². The van der Waals surface area contributed by atoms with Gasteiger partial charge in [0.25, 0.3) is 0 Å². The van der Waals surface area contributed by atoms with Crippen molar-refractivity contribution >= 4 is 23.4 Å². The highest BCUT2D eigenvalue weighted by atomic mass is 16.3. The number of aliphatic hydroxyl groups excluding tert-OH is 1. The molecule has 0 aliphatic heterocycles. The molecule has 0 heterocycles. The van der Waals surface area contributed by atoms with Crippen LogP contribution >= 0.6 is 0 Å². The maximum absolute atomic E-state index is 12.3. The van der Waals surface area contributed by atoms with Crippen LogP contribution in [-0.2, 0) is 6.42 Å². The van der Waals surface area contributed by atoms with Gasteiger partial charge in [-0.1, -0.05) is 37.3 Å². The lowest BCUT2D eigenvalue weighted by molar-refractivity contribution is 0.104. The number of aliphatic hydroxyl groups is 1. The van der Waals surface area contributed by atoms with Crippen molar-refractivity contribution in [3.63, 3.8) is 0 Å². The summed E-state index contributed by atoms with van der Waals surface area (Å²) >= 11 is 0. The summed E-state index contributed by atoms with van der Waals surface area (Å²) in [4.78, 5) is 16.6. The minimum Gasteiger partial charge on any atom is -0.506 e. The van der Waals surface area contributed by atoms with Gasteiger partial charge in [0.05, 0.1) is 11.3 Å². The fraction of sp³-hybridized carbons (Fsp3) is 0.111. The van der Waals surface area contributed by atoms with E-state index in [9.17, 15) is 9.90 Å². The first-order valence-electron chi connectivity index (χ1n) is 6.91. The Morgan fingerprint density at radius 1 is 1.10 bits per heavy atom. The largest absolute Gasteiger partial charge is 0.506 e. The van der Waals surface area contributed by atoms with Gasteiger partial charge < -0.3 is 5.11 Å². The maximum atomic E-state index is 12.3. The van der Waals surface area contributed by atoms with Gasteiger partial charge in [-0.15, -0.1) is 0 Å². The summed E-state index contributed by atoms with van der Waals surface area (Å²) < 4.78 is 0. The number of aliphatic imine (C=N–C) groups is 1. The number of aryl methyl sites for hydroxylation is 1. The molecule has 0 saturated heterocycles. The second-order valence-corrected chi connectivity index (χ2v) is 4.92. The van der Waals surface area contributed by atoms with Crippen LogP contribution in [0.1, 0.15) is 28.4 Å². The van der Waals surface area contributed by atoms with Gasteiger partial charge >= 0.3 is 0 Å². The molecule has 0 amide bonds. The van der Waals surface area contributed by atoms with Crippen LogP contribution in [-0.4, -0.2) is 17.1 Å². The number of ketones is 1. The monoisotopic (exact) mass is 277 g/mol. The summed E-state index contributed by atoms with van der Waals surface area (Å²) in [5.41, 5.74) is 3.24. The number of rotatable bonds is 3. The molecule has 0 fully saturated rings. The number of fused-ring (bicyclic) bond motifs is 1. The second-order valence-electron chi connectivity index (χ2n) is 4.92. The Bertz CT molecular complexity index is 758. The fourth-order valence-electron chi connectivity index (χ4n) is 2.38. The van der Waals surface area contributed by atoms with Gasteiger partial charge in [-0.2, -0.15) is 0 Å². The summed E-state index contributed by atoms with van der Waals surface area (Å²) in [7, 11) is 0. The molecule has 0 bridgehead atoms. The zero-order valence-electron chi connectivity index (χ0n) is 11.7. The molecule has 2 aromatic rings. The van der Waals surface area contributed by atoms with Crippen LogP contribution in [0, 0.1) is 0 Å². The average molecular weight is 277 g/mol. The van der Waals surface area contributed by atoms with Gasteiger partial charge in [0.1, 0.15) is 5.76 Å². The number of benzene rings is 2. The predicted molar refractivity (Wildman–Crippen MR) is 84.3 cm³/mol. The molecule has 3 rings (SSSR count). The number of hydrogen-bond acceptors (Lipinski definition) is 3. The molecule has 0 radical (unpaired) electrons. The van der Waals surface area contributed by atoms with Crippen molar-refractivity contribution in [3.8, 4) is 0 Å². The van der Waals surface area contributed by atoms with Crippen molar-refractivity contribution < 1.29 is 9.90 Å². The Morgan fingerprint density at radius 2 is 1.86 bits per heavy atom. The zero-order chi connectivity index (χ0) is 14.8. The molecule has 1 aliphatic carbocycles. The van der Waals surface area contributed by atoms with Crippen LogP contribution in [0.5, 0.6) is 0 Å². The highest BCUT2D eigenvalue weighted by molar-refractivity contribution is 6.30. The van der Waals surface area contributed by atoms with Gasteiger partial charge in [0.2, 0.25) is 0 Å². The topological polar surface area (TPSA) is 49.7 Å². The lowest BCUT2D eigenvalue weighted by Gasteiger charge is -2.01. The Labute approximate surface area is 123 Å². The van der Waals surface area contributed by atoms with E-state index in [0.717, 1.165) is 17.7 Å². The lowest BCUT2D eigenvalue weighted by atomic mass is 10.0. The molecule has 3 nitrogen and oxygen atoms in total. The number of allylic oxidation sites excluding steroid dienone is 1. The fourth-order valence-corrected chi connectivity index (χ4v) is 2.38. The van der Waals surface area contributed by atoms with Crippen molar-refractivity contribution in [1.82, 2.24) is 0 Å². The molecule has 0 aromatic heterocycles. The van der Waals surface area contributed by atoms with Gasteiger partial charge in [-0.05, 0) is 30.2 Å². The van der Waals surface area contributed by atoms with Crippen LogP contribution in [0.15, 0.2) is 59.1 Å². The third-order valence-electron chi connectivity index (χ3n) is 3.59. The molecule has 1 aliphatic rings. The number of carbonyl (C=O) groups excluding carboxylic acids is 1. The molecular weight excluding hydrogens is 262 g/mol. The maximum Gasteiger partial charge on any atom is 0.199 e. The van der Waals surface area contributed by atoms with Crippen LogP contribution in [0.2, 0.25) is 0 Å². The standard InChI is InChI=1S/C18H15NO2/c1-2-12-8-9-14-15(10-12)18(21)16(17(14)20)11-19-13-6-4-3-5-7-13/h3-11,21H,2H2,1H3. The molecule has 3 heteroatoms. The van der Waals surface area contributed by atoms with E-state index in [-0.39, 0.29) is 17.1 Å². The Hall–Kier alpha value is -2.68. The number of nitrogens with zero attached hydrogens (tertiary/aromatic N) is 1. The van der Waals surface area contributed by atoms with Gasteiger partial charge in [-0.3, -0.25) is 9.79 Å². The van der Waals surface area contributed by atoms with Gasteiger partial charge in [0.15, 0.2) is 5.78 Å². The van der Waals surface area contributed by atoms with E-state index in [2.05, 4.69) is 4.99 Å². The summed E-state index contributed by atoms with van der Waals surface area (Å²) in [6.07, 6.45) is 2.31. The number of Topliss-reactive ketones (excluding diaryl/α,β-unsaturated/α-hetero) is 1. The molecule has 104 valence electrons. The Morgan fingerprint density at radius 3 is 2.57 bits per heavy atom. The van der Waals surface area contributed by atoms with Crippen molar-refractivity contribution in [1.29, 1.82) is 0 Å². The third kappa shape index (κ3) is 2.38. The highest BCUT2D eigenvalue weighted by Gasteiger charge is 2.28. The number of hydrogen-bond donors (Lipinski definition) is 1. The molecule has 1 N–H and O–H groups in total. The number of para-hydroxylation sites is 1. The highest BCUT2D eigenvalue weighted by Crippen LogP contribution is 2.31. The van der Waals surface area contributed by atoms with E-state index < -0.39 is 0 Å². The van der Waals surface area contributed by atoms with Crippen LogP contribution < -0.4 is 0 Å². The lowest BCUT2D eigenvalue weighted by Crippen LogP contribution is -2.00. The summed E-state index contributed by atoms with van der Waals surface area (Å²) in [6.45, 7) is 2.04. The van der Waals surface area contributed by atoms with Gasteiger partial charge in [0, 0.05) is 17.3 Å². The minimum atomic E-state index is -0.176. The molecule has 0 spiro atoms. The Kier molecular flexibility index (Phi) is 3.40. The summed E-state index contributed by atoms with van der Waals surface area (Å²) in [5, 5.41) is 10.3. The summed E-state index contributed by atoms with van der Waals surface area (Å²) in [6, 6.07) is 14.9. The molecule has 0 saturated carbocycles. The van der Waals surface area contributed by atoms with E-state index in [1.54, 1.807) is 6.07 Å². The van der Waals surface area contributed by atoms with E-state index >= 15 is 0 Å². The van der Waals surface area contributed by atoms with Crippen LogP contribution in [0.4, 0.5) is 5.69 Å². The SMILES string of the molecule is CCc1ccc2c(c1)C(O)=C(C=Nc1ccccc1)C2=O. The molecule has 0 unspecified atom stereocenters. The first-order chi connectivity index (χ1) is 10.2. The molecular formula is C18H15NO2. The van der Waals surface area contributed by atoms with Crippen LogP contribution in [0.25, 0.3) is 5.76 Å². The van der Waals surface area contributed by atoms with Crippen molar-refractivity contribution in [2.75, 3.05) is 0 Å². The van der Waals surface area contributed by atoms with Crippen molar-refractivity contribution in [2.24, 2.45) is 4.99 Å². The van der Waals surface area contributed by atoms with Crippen LogP contribution in [0.3, 0.4) is 0 Å². The van der Waals surface area contributed by atoms with Crippen molar-refractivity contribution in [3.05, 3.63) is 70.8 Å². The smallest absolute Gasteiger partial charge is 0.199 e. The quantitative estimate of drug-likeness (QED) is 0.858. The normalized spacial score (nSPS) is 14.0. The minimum absolute atomic E-state index is 0.0185. The summed E-state index contributed by atoms with van der Waals surface area (Å²) in [5.74, 6) is -0.158. The molecule has 2 aromatic carbocycles. The first kappa shape index (κ1) is 13.3. The first-order valence-corrected chi connectivity index (χ1v) is 6.91. The van der Waals surface area contributed by atoms with E-state index in [4.69, 9.17) is 0 Å². The molecule has 0 atom stereocenters. The zero-order valence-corrected chi connectivity index (χ0v) is 11.7. The second kappa shape index (κ2) is 5.37. The van der Waals surface area contributed by atoms with E-state index in [1.807, 2.05) is 49.4 Å². The third-order valence-corrected chi connectivity index (χ3v) is 3.59. The Balaban J connectivity index is 1.98. The van der Waals surface area contributed by atoms with Gasteiger partial charge in [-0.25, -0.2) is 0 Å². The average Bonchev–Trinajstić information content (AvgIpc) is 2.77. The van der Waals surface area contributed by atoms with E-state index in [0.29, 0.717) is 11.1 Å².